The average molecular weight is 247 g/mol. The highest BCUT2D eigenvalue weighted by molar-refractivity contribution is 5.96. The van der Waals surface area contributed by atoms with Gasteiger partial charge in [-0.15, -0.1) is 0 Å². The van der Waals surface area contributed by atoms with E-state index in [4.69, 9.17) is 0 Å². The van der Waals surface area contributed by atoms with Crippen LogP contribution in [-0.2, 0) is 13.1 Å². The number of rotatable bonds is 4. The standard InChI is InChI=1S/C12H17N5O/c1-5-16-11(13-7-14-16)6-17-9(3)12(10(4)18)8(2)15-17/h7H,5-6H2,1-4H3. The van der Waals surface area contributed by atoms with E-state index in [-0.39, 0.29) is 5.78 Å². The fourth-order valence-electron chi connectivity index (χ4n) is 2.17. The first-order valence-electron chi connectivity index (χ1n) is 5.96. The molecule has 0 radical (unpaired) electrons. The average Bonchev–Trinajstić information content (AvgIpc) is 2.84. The third-order valence-corrected chi connectivity index (χ3v) is 3.02. The second-order valence-corrected chi connectivity index (χ2v) is 4.25. The van der Waals surface area contributed by atoms with Crippen LogP contribution in [0.2, 0.25) is 0 Å². The van der Waals surface area contributed by atoms with Gasteiger partial charge in [-0.05, 0) is 27.7 Å². The molecule has 2 heterocycles. The van der Waals surface area contributed by atoms with Crippen molar-refractivity contribution in [2.75, 3.05) is 0 Å². The van der Waals surface area contributed by atoms with Gasteiger partial charge in [-0.25, -0.2) is 9.67 Å². The molecule has 2 aromatic heterocycles. The normalized spacial score (nSPS) is 10.9. The molecular weight excluding hydrogens is 230 g/mol. The summed E-state index contributed by atoms with van der Waals surface area (Å²) in [6.45, 7) is 8.65. The van der Waals surface area contributed by atoms with E-state index in [1.165, 1.54) is 6.33 Å². The lowest BCUT2D eigenvalue weighted by atomic mass is 10.1. The van der Waals surface area contributed by atoms with Crippen molar-refractivity contribution in [2.45, 2.75) is 40.8 Å². The van der Waals surface area contributed by atoms with Crippen LogP contribution in [0.15, 0.2) is 6.33 Å². The summed E-state index contributed by atoms with van der Waals surface area (Å²) < 4.78 is 3.63. The van der Waals surface area contributed by atoms with Crippen LogP contribution in [0.1, 0.15) is 41.4 Å². The zero-order valence-electron chi connectivity index (χ0n) is 11.1. The molecule has 0 atom stereocenters. The first-order valence-corrected chi connectivity index (χ1v) is 5.96. The Bertz CT molecular complexity index is 581. The number of hydrogen-bond donors (Lipinski definition) is 0. The smallest absolute Gasteiger partial charge is 0.163 e. The van der Waals surface area contributed by atoms with Crippen molar-refractivity contribution in [3.63, 3.8) is 0 Å². The Morgan fingerprint density at radius 2 is 2.06 bits per heavy atom. The molecule has 0 bridgehead atoms. The molecule has 0 aliphatic rings. The summed E-state index contributed by atoms with van der Waals surface area (Å²) in [5.41, 5.74) is 2.35. The summed E-state index contributed by atoms with van der Waals surface area (Å²) in [7, 11) is 0. The third-order valence-electron chi connectivity index (χ3n) is 3.02. The third kappa shape index (κ3) is 2.05. The Labute approximate surface area is 106 Å². The summed E-state index contributed by atoms with van der Waals surface area (Å²) in [5, 5.41) is 8.52. The molecule has 6 nitrogen and oxygen atoms in total. The predicted octanol–water partition coefficient (Wildman–Crippen LogP) is 1.36. The quantitative estimate of drug-likeness (QED) is 0.765. The van der Waals surface area contributed by atoms with Gasteiger partial charge in [0.15, 0.2) is 5.78 Å². The molecule has 0 N–H and O–H groups in total. The molecular formula is C12H17N5O. The predicted molar refractivity (Wildman–Crippen MR) is 66.5 cm³/mol. The number of carbonyl (C=O) groups is 1. The van der Waals surface area contributed by atoms with Crippen molar-refractivity contribution in [1.82, 2.24) is 24.5 Å². The lowest BCUT2D eigenvalue weighted by Gasteiger charge is -2.05. The van der Waals surface area contributed by atoms with E-state index >= 15 is 0 Å². The van der Waals surface area contributed by atoms with Crippen LogP contribution in [0.5, 0.6) is 0 Å². The number of aryl methyl sites for hydroxylation is 2. The fourth-order valence-corrected chi connectivity index (χ4v) is 2.17. The second kappa shape index (κ2) is 4.72. The summed E-state index contributed by atoms with van der Waals surface area (Å²) in [6, 6.07) is 0. The molecule has 96 valence electrons. The van der Waals surface area contributed by atoms with Gasteiger partial charge < -0.3 is 0 Å². The highest BCUT2D eigenvalue weighted by atomic mass is 16.1. The van der Waals surface area contributed by atoms with Gasteiger partial charge in [0.05, 0.1) is 11.3 Å². The van der Waals surface area contributed by atoms with Gasteiger partial charge in [-0.1, -0.05) is 0 Å². The molecule has 2 aromatic rings. The van der Waals surface area contributed by atoms with E-state index in [9.17, 15) is 4.79 Å². The van der Waals surface area contributed by atoms with Gasteiger partial charge in [-0.2, -0.15) is 10.2 Å². The van der Waals surface area contributed by atoms with Crippen LogP contribution in [0, 0.1) is 13.8 Å². The molecule has 0 spiro atoms. The summed E-state index contributed by atoms with van der Waals surface area (Å²) in [4.78, 5) is 15.8. The molecule has 0 aromatic carbocycles. The molecule has 6 heteroatoms. The van der Waals surface area contributed by atoms with E-state index in [0.717, 1.165) is 23.8 Å². The van der Waals surface area contributed by atoms with E-state index < -0.39 is 0 Å². The van der Waals surface area contributed by atoms with Crippen LogP contribution in [0.4, 0.5) is 0 Å². The van der Waals surface area contributed by atoms with Gasteiger partial charge in [0.25, 0.3) is 0 Å². The molecule has 18 heavy (non-hydrogen) atoms. The van der Waals surface area contributed by atoms with Gasteiger partial charge in [0.1, 0.15) is 18.7 Å². The maximum absolute atomic E-state index is 11.5. The second-order valence-electron chi connectivity index (χ2n) is 4.25. The largest absolute Gasteiger partial charge is 0.294 e. The van der Waals surface area contributed by atoms with E-state index in [2.05, 4.69) is 15.2 Å². The fraction of sp³-hybridized carbons (Fsp3) is 0.500. The van der Waals surface area contributed by atoms with Crippen LogP contribution in [0.3, 0.4) is 0 Å². The Kier molecular flexibility index (Phi) is 3.27. The summed E-state index contributed by atoms with van der Waals surface area (Å²) >= 11 is 0. The highest BCUT2D eigenvalue weighted by Gasteiger charge is 2.16. The first kappa shape index (κ1) is 12.5. The Morgan fingerprint density at radius 1 is 1.33 bits per heavy atom. The Hall–Kier alpha value is -1.98. The SMILES string of the molecule is CCn1ncnc1Cn1nc(C)c(C(C)=O)c1C. The molecule has 0 saturated heterocycles. The van der Waals surface area contributed by atoms with Crippen molar-refractivity contribution in [1.29, 1.82) is 0 Å². The van der Waals surface area contributed by atoms with Gasteiger partial charge in [0, 0.05) is 12.2 Å². The van der Waals surface area contributed by atoms with Crippen LogP contribution >= 0.6 is 0 Å². The number of Topliss-reactive ketones (excluding diaryl/α,β-unsaturated/α-hetero) is 1. The van der Waals surface area contributed by atoms with E-state index in [0.29, 0.717) is 12.1 Å². The number of ketones is 1. The topological polar surface area (TPSA) is 65.6 Å². The van der Waals surface area contributed by atoms with Crippen molar-refractivity contribution in [3.8, 4) is 0 Å². The van der Waals surface area contributed by atoms with Gasteiger partial charge in [-0.3, -0.25) is 9.48 Å². The Balaban J connectivity index is 2.36. The maximum atomic E-state index is 11.5. The first-order chi connectivity index (χ1) is 8.54. The maximum Gasteiger partial charge on any atom is 0.163 e. The van der Waals surface area contributed by atoms with Crippen molar-refractivity contribution in [2.24, 2.45) is 0 Å². The van der Waals surface area contributed by atoms with Gasteiger partial charge >= 0.3 is 0 Å². The van der Waals surface area contributed by atoms with E-state index in [1.54, 1.807) is 6.92 Å². The van der Waals surface area contributed by atoms with Gasteiger partial charge in [0.2, 0.25) is 0 Å². The molecule has 0 unspecified atom stereocenters. The van der Waals surface area contributed by atoms with Crippen LogP contribution < -0.4 is 0 Å². The summed E-state index contributed by atoms with van der Waals surface area (Å²) in [5.74, 6) is 0.895. The van der Waals surface area contributed by atoms with Crippen LogP contribution in [-0.4, -0.2) is 30.3 Å². The molecule has 0 amide bonds. The minimum atomic E-state index is 0.0493. The minimum absolute atomic E-state index is 0.0493. The molecule has 0 saturated carbocycles. The van der Waals surface area contributed by atoms with Crippen LogP contribution in [0.25, 0.3) is 0 Å². The summed E-state index contributed by atoms with van der Waals surface area (Å²) in [6.07, 6.45) is 1.54. The van der Waals surface area contributed by atoms with Crippen molar-refractivity contribution >= 4 is 5.78 Å². The molecule has 2 rings (SSSR count). The lowest BCUT2D eigenvalue weighted by molar-refractivity contribution is 0.101. The van der Waals surface area contributed by atoms with Crippen molar-refractivity contribution < 1.29 is 4.79 Å². The highest BCUT2D eigenvalue weighted by Crippen LogP contribution is 2.14. The van der Waals surface area contributed by atoms with Crippen molar-refractivity contribution in [3.05, 3.63) is 29.1 Å². The number of carbonyl (C=O) groups excluding carboxylic acids is 1. The monoisotopic (exact) mass is 247 g/mol. The molecule has 0 aliphatic heterocycles. The lowest BCUT2D eigenvalue weighted by Crippen LogP contribution is -2.11. The zero-order chi connectivity index (χ0) is 13.3. The number of hydrogen-bond acceptors (Lipinski definition) is 4. The zero-order valence-corrected chi connectivity index (χ0v) is 11.1. The molecule has 0 fully saturated rings. The number of aromatic nitrogens is 5. The Morgan fingerprint density at radius 3 is 2.61 bits per heavy atom. The number of nitrogens with zero attached hydrogens (tertiary/aromatic N) is 5. The van der Waals surface area contributed by atoms with E-state index in [1.807, 2.05) is 30.1 Å². The minimum Gasteiger partial charge on any atom is -0.294 e. The molecule has 0 aliphatic carbocycles.